The van der Waals surface area contributed by atoms with Crippen molar-refractivity contribution in [2.75, 3.05) is 19.5 Å². The summed E-state index contributed by atoms with van der Waals surface area (Å²) in [6.07, 6.45) is 1.03. The topological polar surface area (TPSA) is 29.5 Å². The van der Waals surface area contributed by atoms with E-state index in [-0.39, 0.29) is 11.8 Å². The van der Waals surface area contributed by atoms with Crippen LogP contribution in [0, 0.1) is 0 Å². The zero-order valence-electron chi connectivity index (χ0n) is 15.3. The number of nitrogens with zero attached hydrogens (tertiary/aromatic N) is 1. The van der Waals surface area contributed by atoms with E-state index in [1.807, 2.05) is 23.1 Å². The quantitative estimate of drug-likeness (QED) is 0.578. The molecule has 1 unspecified atom stereocenters. The highest BCUT2D eigenvalue weighted by Crippen LogP contribution is 2.35. The summed E-state index contributed by atoms with van der Waals surface area (Å²) in [5.74, 6) is 1.24. The first kappa shape index (κ1) is 17.9. The molecule has 3 nitrogen and oxygen atoms in total. The molecule has 0 fully saturated rings. The molecule has 0 aliphatic heterocycles. The molecule has 0 spiro atoms. The number of halogens is 1. The van der Waals surface area contributed by atoms with E-state index in [9.17, 15) is 4.79 Å². The molecule has 3 aromatic carbocycles. The van der Waals surface area contributed by atoms with Gasteiger partial charge in [0.25, 0.3) is 0 Å². The second kappa shape index (κ2) is 7.61. The Morgan fingerprint density at radius 2 is 1.89 bits per heavy atom. The second-order valence-corrected chi connectivity index (χ2v) is 7.32. The van der Waals surface area contributed by atoms with Crippen LogP contribution >= 0.6 is 11.6 Å². The summed E-state index contributed by atoms with van der Waals surface area (Å²) in [5, 5.41) is 2.27. The van der Waals surface area contributed by atoms with Gasteiger partial charge in [-0.05, 0) is 52.1 Å². The highest BCUT2D eigenvalue weighted by atomic mass is 35.5. The van der Waals surface area contributed by atoms with Crippen LogP contribution in [-0.4, -0.2) is 30.3 Å². The normalized spacial score (nSPS) is 15.1. The van der Waals surface area contributed by atoms with Crippen LogP contribution in [0.4, 0.5) is 0 Å². The van der Waals surface area contributed by atoms with Crippen LogP contribution in [0.25, 0.3) is 10.8 Å². The molecule has 27 heavy (non-hydrogen) atoms. The zero-order valence-corrected chi connectivity index (χ0v) is 16.1. The van der Waals surface area contributed by atoms with E-state index in [0.717, 1.165) is 28.5 Å². The summed E-state index contributed by atoms with van der Waals surface area (Å²) in [7, 11) is 1.67. The van der Waals surface area contributed by atoms with Gasteiger partial charge >= 0.3 is 0 Å². The Bertz CT molecular complexity index is 985. The number of amides is 1. The average Bonchev–Trinajstić information content (AvgIpc) is 2.70. The molecule has 3 aromatic rings. The standard InChI is InChI=1S/C23H22ClNO2/c1-27-21-9-8-17-10-16(6-7-18(17)12-21)14-25(23(26)13-24)15-20-11-19-4-2-3-5-22(19)20/h2-10,12,20H,11,13-15H2,1H3. The van der Waals surface area contributed by atoms with Crippen molar-refractivity contribution in [3.63, 3.8) is 0 Å². The molecular weight excluding hydrogens is 358 g/mol. The Hall–Kier alpha value is -2.52. The molecule has 1 aliphatic carbocycles. The number of rotatable bonds is 6. The zero-order chi connectivity index (χ0) is 18.8. The molecule has 1 aliphatic rings. The molecule has 0 aromatic heterocycles. The number of benzene rings is 3. The summed E-state index contributed by atoms with van der Waals surface area (Å²) >= 11 is 5.88. The SMILES string of the molecule is COc1ccc2cc(CN(CC3Cc4ccccc43)C(=O)CCl)ccc2c1. The number of methoxy groups -OCH3 is 1. The van der Waals surface area contributed by atoms with Crippen molar-refractivity contribution in [2.45, 2.75) is 18.9 Å². The number of carbonyl (C=O) groups excluding carboxylic acids is 1. The van der Waals surface area contributed by atoms with Crippen molar-refractivity contribution in [1.29, 1.82) is 0 Å². The van der Waals surface area contributed by atoms with E-state index >= 15 is 0 Å². The molecule has 4 heteroatoms. The lowest BCUT2D eigenvalue weighted by molar-refractivity contribution is -0.129. The lowest BCUT2D eigenvalue weighted by atomic mass is 9.77. The van der Waals surface area contributed by atoms with Gasteiger partial charge in [-0.3, -0.25) is 4.79 Å². The number of hydrogen-bond acceptors (Lipinski definition) is 2. The summed E-state index contributed by atoms with van der Waals surface area (Å²) in [6.45, 7) is 1.29. The largest absolute Gasteiger partial charge is 0.497 e. The summed E-state index contributed by atoms with van der Waals surface area (Å²) in [5.41, 5.74) is 3.86. The minimum absolute atomic E-state index is 0.0130. The average molecular weight is 380 g/mol. The van der Waals surface area contributed by atoms with Crippen LogP contribution in [0.3, 0.4) is 0 Å². The maximum absolute atomic E-state index is 12.4. The van der Waals surface area contributed by atoms with Gasteiger partial charge in [-0.15, -0.1) is 11.6 Å². The van der Waals surface area contributed by atoms with Crippen LogP contribution < -0.4 is 4.74 Å². The van der Waals surface area contributed by atoms with Crippen molar-refractivity contribution in [2.24, 2.45) is 0 Å². The van der Waals surface area contributed by atoms with E-state index in [0.29, 0.717) is 19.0 Å². The van der Waals surface area contributed by atoms with Gasteiger partial charge in [-0.2, -0.15) is 0 Å². The molecule has 0 radical (unpaired) electrons. The molecule has 138 valence electrons. The molecule has 1 atom stereocenters. The minimum atomic E-state index is -0.0177. The third kappa shape index (κ3) is 3.65. The molecule has 0 bridgehead atoms. The number of ether oxygens (including phenoxy) is 1. The lowest BCUT2D eigenvalue weighted by Crippen LogP contribution is -2.38. The van der Waals surface area contributed by atoms with Crippen LogP contribution in [0.1, 0.15) is 22.6 Å². The molecule has 0 N–H and O–H groups in total. The smallest absolute Gasteiger partial charge is 0.237 e. The van der Waals surface area contributed by atoms with Crippen LogP contribution in [0.5, 0.6) is 5.75 Å². The Kier molecular flexibility index (Phi) is 5.04. The summed E-state index contributed by atoms with van der Waals surface area (Å²) in [6, 6.07) is 20.8. The van der Waals surface area contributed by atoms with Crippen molar-refractivity contribution in [3.8, 4) is 5.75 Å². The van der Waals surface area contributed by atoms with Crippen molar-refractivity contribution in [3.05, 3.63) is 77.4 Å². The molecular formula is C23H22ClNO2. The van der Waals surface area contributed by atoms with Crippen molar-refractivity contribution in [1.82, 2.24) is 4.90 Å². The molecule has 0 saturated carbocycles. The summed E-state index contributed by atoms with van der Waals surface area (Å²) in [4.78, 5) is 14.3. The van der Waals surface area contributed by atoms with E-state index in [1.165, 1.54) is 11.1 Å². The predicted molar refractivity (Wildman–Crippen MR) is 110 cm³/mol. The maximum Gasteiger partial charge on any atom is 0.237 e. The number of hydrogen-bond donors (Lipinski definition) is 0. The monoisotopic (exact) mass is 379 g/mol. The molecule has 4 rings (SSSR count). The van der Waals surface area contributed by atoms with Crippen molar-refractivity contribution < 1.29 is 9.53 Å². The minimum Gasteiger partial charge on any atom is -0.497 e. The van der Waals surface area contributed by atoms with Gasteiger partial charge in [0.2, 0.25) is 5.91 Å². The first-order valence-electron chi connectivity index (χ1n) is 9.16. The predicted octanol–water partition coefficient (Wildman–Crippen LogP) is 4.76. The van der Waals surface area contributed by atoms with Gasteiger partial charge in [-0.1, -0.05) is 42.5 Å². The Labute approximate surface area is 164 Å². The Balaban J connectivity index is 1.53. The number of alkyl halides is 1. The fourth-order valence-corrected chi connectivity index (χ4v) is 4.02. The maximum atomic E-state index is 12.4. The second-order valence-electron chi connectivity index (χ2n) is 7.06. The summed E-state index contributed by atoms with van der Waals surface area (Å²) < 4.78 is 5.29. The van der Waals surface area contributed by atoms with Gasteiger partial charge in [0, 0.05) is 19.0 Å². The highest BCUT2D eigenvalue weighted by Gasteiger charge is 2.28. The van der Waals surface area contributed by atoms with E-state index in [2.05, 4.69) is 42.5 Å². The lowest BCUT2D eigenvalue weighted by Gasteiger charge is -2.35. The third-order valence-electron chi connectivity index (χ3n) is 5.35. The van der Waals surface area contributed by atoms with Crippen molar-refractivity contribution >= 4 is 28.3 Å². The van der Waals surface area contributed by atoms with Crippen LogP contribution in [0.2, 0.25) is 0 Å². The first-order chi connectivity index (χ1) is 13.2. The molecule has 1 amide bonds. The van der Waals surface area contributed by atoms with Crippen LogP contribution in [0.15, 0.2) is 60.7 Å². The van der Waals surface area contributed by atoms with E-state index in [1.54, 1.807) is 7.11 Å². The highest BCUT2D eigenvalue weighted by molar-refractivity contribution is 6.27. The Morgan fingerprint density at radius 3 is 2.67 bits per heavy atom. The fourth-order valence-electron chi connectivity index (χ4n) is 3.85. The number of fused-ring (bicyclic) bond motifs is 2. The van der Waals surface area contributed by atoms with Gasteiger partial charge in [0.15, 0.2) is 0 Å². The van der Waals surface area contributed by atoms with Gasteiger partial charge < -0.3 is 9.64 Å². The fraction of sp³-hybridized carbons (Fsp3) is 0.261. The van der Waals surface area contributed by atoms with Gasteiger partial charge in [0.1, 0.15) is 11.6 Å². The van der Waals surface area contributed by atoms with Crippen LogP contribution in [-0.2, 0) is 17.8 Å². The van der Waals surface area contributed by atoms with Gasteiger partial charge in [0.05, 0.1) is 7.11 Å². The Morgan fingerprint density at radius 1 is 1.11 bits per heavy atom. The molecule has 0 saturated heterocycles. The first-order valence-corrected chi connectivity index (χ1v) is 9.69. The van der Waals surface area contributed by atoms with Gasteiger partial charge in [-0.25, -0.2) is 0 Å². The number of carbonyl (C=O) groups is 1. The van der Waals surface area contributed by atoms with E-state index < -0.39 is 0 Å². The third-order valence-corrected chi connectivity index (χ3v) is 5.58. The van der Waals surface area contributed by atoms with E-state index in [4.69, 9.17) is 16.3 Å². The molecule has 0 heterocycles.